The molecular formula is C18H16N2O2. The van der Waals surface area contributed by atoms with Gasteiger partial charge < -0.3 is 9.84 Å². The summed E-state index contributed by atoms with van der Waals surface area (Å²) in [6.45, 7) is 1.99. The Kier molecular flexibility index (Phi) is 4.01. The van der Waals surface area contributed by atoms with Crippen molar-refractivity contribution in [2.24, 2.45) is 0 Å². The maximum atomic E-state index is 12.0. The van der Waals surface area contributed by atoms with Gasteiger partial charge >= 0.3 is 0 Å². The number of carbonyl (C=O) groups is 1. The maximum absolute atomic E-state index is 12.0. The quantitative estimate of drug-likeness (QED) is 0.795. The predicted octanol–water partition coefficient (Wildman–Crippen LogP) is 3.83. The summed E-state index contributed by atoms with van der Waals surface area (Å²) in [5, 5.41) is 6.82. The van der Waals surface area contributed by atoms with Crippen LogP contribution in [0.1, 0.15) is 11.3 Å². The molecule has 0 bridgehead atoms. The van der Waals surface area contributed by atoms with Gasteiger partial charge in [-0.2, -0.15) is 0 Å². The number of hydrogen-bond donors (Lipinski definition) is 1. The summed E-state index contributed by atoms with van der Waals surface area (Å²) in [6, 6.07) is 19.2. The number of nitrogens with one attached hydrogen (secondary N) is 1. The Morgan fingerprint density at radius 2 is 1.91 bits per heavy atom. The summed E-state index contributed by atoms with van der Waals surface area (Å²) in [6.07, 6.45) is 0.185. The van der Waals surface area contributed by atoms with Gasteiger partial charge in [0.1, 0.15) is 0 Å². The van der Waals surface area contributed by atoms with Crippen LogP contribution in [0.3, 0.4) is 0 Å². The normalized spacial score (nSPS) is 10.4. The van der Waals surface area contributed by atoms with E-state index in [9.17, 15) is 4.79 Å². The van der Waals surface area contributed by atoms with Crippen LogP contribution in [0.2, 0.25) is 0 Å². The summed E-state index contributed by atoms with van der Waals surface area (Å²) in [4.78, 5) is 12.0. The number of aromatic nitrogens is 1. The first kappa shape index (κ1) is 14.1. The number of amides is 1. The zero-order valence-electron chi connectivity index (χ0n) is 12.2. The van der Waals surface area contributed by atoms with Crippen molar-refractivity contribution in [2.45, 2.75) is 13.3 Å². The molecule has 1 aromatic heterocycles. The molecule has 22 heavy (non-hydrogen) atoms. The van der Waals surface area contributed by atoms with Gasteiger partial charge in [-0.25, -0.2) is 0 Å². The summed E-state index contributed by atoms with van der Waals surface area (Å²) in [5.41, 5.74) is 3.45. The van der Waals surface area contributed by atoms with Crippen molar-refractivity contribution in [3.05, 3.63) is 71.9 Å². The first-order valence-electron chi connectivity index (χ1n) is 7.08. The lowest BCUT2D eigenvalue weighted by Crippen LogP contribution is -2.14. The molecule has 0 spiro atoms. The Morgan fingerprint density at radius 3 is 2.68 bits per heavy atom. The van der Waals surface area contributed by atoms with Crippen molar-refractivity contribution in [1.29, 1.82) is 0 Å². The number of anilines is 1. The minimum atomic E-state index is -0.112. The van der Waals surface area contributed by atoms with Crippen LogP contribution in [-0.4, -0.2) is 11.1 Å². The topological polar surface area (TPSA) is 55.1 Å². The molecule has 0 saturated carbocycles. The highest BCUT2D eigenvalue weighted by Crippen LogP contribution is 2.20. The molecule has 4 nitrogen and oxygen atoms in total. The Bertz CT molecular complexity index is 779. The van der Waals surface area contributed by atoms with Crippen LogP contribution < -0.4 is 5.32 Å². The number of nitrogens with zero attached hydrogens (tertiary/aromatic N) is 1. The lowest BCUT2D eigenvalue weighted by atomic mass is 10.1. The number of benzene rings is 2. The molecule has 0 saturated heterocycles. The van der Waals surface area contributed by atoms with E-state index in [1.165, 1.54) is 0 Å². The van der Waals surface area contributed by atoms with Gasteiger partial charge in [0, 0.05) is 17.3 Å². The highest BCUT2D eigenvalue weighted by molar-refractivity contribution is 5.92. The monoisotopic (exact) mass is 292 g/mol. The molecule has 2 aromatic carbocycles. The molecule has 1 N–H and O–H groups in total. The predicted molar refractivity (Wildman–Crippen MR) is 85.5 cm³/mol. The van der Waals surface area contributed by atoms with Gasteiger partial charge in [-0.1, -0.05) is 47.6 Å². The lowest BCUT2D eigenvalue weighted by Gasteiger charge is -2.04. The van der Waals surface area contributed by atoms with Crippen molar-refractivity contribution >= 4 is 11.6 Å². The fraction of sp³-hybridized carbons (Fsp3) is 0.111. The number of aryl methyl sites for hydroxylation is 1. The van der Waals surface area contributed by atoms with Crippen molar-refractivity contribution in [3.8, 4) is 11.3 Å². The van der Waals surface area contributed by atoms with Crippen LogP contribution in [0.4, 0.5) is 5.69 Å². The molecule has 1 heterocycles. The maximum Gasteiger partial charge on any atom is 0.230 e. The summed E-state index contributed by atoms with van der Waals surface area (Å²) in [7, 11) is 0. The average Bonchev–Trinajstić information content (AvgIpc) is 2.96. The van der Waals surface area contributed by atoms with Crippen LogP contribution in [0.5, 0.6) is 0 Å². The van der Waals surface area contributed by atoms with E-state index in [4.69, 9.17) is 4.52 Å². The molecule has 0 unspecified atom stereocenters. The van der Waals surface area contributed by atoms with Crippen LogP contribution in [-0.2, 0) is 11.2 Å². The number of rotatable bonds is 4. The van der Waals surface area contributed by atoms with Crippen molar-refractivity contribution in [2.75, 3.05) is 5.32 Å². The molecule has 0 aliphatic heterocycles. The number of hydrogen-bond acceptors (Lipinski definition) is 3. The number of carbonyl (C=O) groups excluding carboxylic acids is 1. The van der Waals surface area contributed by atoms with E-state index in [2.05, 4.69) is 10.5 Å². The molecule has 0 fully saturated rings. The van der Waals surface area contributed by atoms with Crippen LogP contribution in [0.25, 0.3) is 11.3 Å². The molecular weight excluding hydrogens is 276 g/mol. The van der Waals surface area contributed by atoms with E-state index in [0.29, 0.717) is 11.5 Å². The lowest BCUT2D eigenvalue weighted by molar-refractivity contribution is -0.115. The Hall–Kier alpha value is -2.88. The third-order valence-corrected chi connectivity index (χ3v) is 3.26. The van der Waals surface area contributed by atoms with Crippen LogP contribution >= 0.6 is 0 Å². The van der Waals surface area contributed by atoms with Crippen molar-refractivity contribution in [1.82, 2.24) is 5.16 Å². The molecule has 110 valence electrons. The fourth-order valence-corrected chi connectivity index (χ4v) is 2.23. The highest BCUT2D eigenvalue weighted by atomic mass is 16.5. The summed E-state index contributed by atoms with van der Waals surface area (Å²) < 4.78 is 5.29. The first-order valence-corrected chi connectivity index (χ1v) is 7.08. The van der Waals surface area contributed by atoms with Gasteiger partial charge in [-0.15, -0.1) is 0 Å². The third-order valence-electron chi connectivity index (χ3n) is 3.26. The van der Waals surface area contributed by atoms with Gasteiger partial charge in [0.2, 0.25) is 5.91 Å². The van der Waals surface area contributed by atoms with Gasteiger partial charge in [0.15, 0.2) is 5.76 Å². The van der Waals surface area contributed by atoms with Crippen LogP contribution in [0.15, 0.2) is 65.2 Å². The molecule has 3 aromatic rings. The molecule has 0 aliphatic carbocycles. The molecule has 3 rings (SSSR count). The van der Waals surface area contributed by atoms with Crippen LogP contribution in [0, 0.1) is 6.92 Å². The van der Waals surface area contributed by atoms with E-state index in [-0.39, 0.29) is 12.3 Å². The molecule has 0 radical (unpaired) electrons. The first-order chi connectivity index (χ1) is 10.7. The van der Waals surface area contributed by atoms with Crippen molar-refractivity contribution < 1.29 is 9.32 Å². The second-order valence-electron chi connectivity index (χ2n) is 5.14. The Morgan fingerprint density at radius 1 is 1.09 bits per heavy atom. The zero-order chi connectivity index (χ0) is 15.4. The zero-order valence-corrected chi connectivity index (χ0v) is 12.2. The van der Waals surface area contributed by atoms with E-state index < -0.39 is 0 Å². The Balaban J connectivity index is 1.66. The van der Waals surface area contributed by atoms with Crippen molar-refractivity contribution in [3.63, 3.8) is 0 Å². The molecule has 0 atom stereocenters. The summed E-state index contributed by atoms with van der Waals surface area (Å²) in [5.74, 6) is 0.553. The standard InChI is InChI=1S/C18H16N2O2/c1-13-6-5-9-15(10-13)19-18(21)12-16-11-17(22-20-16)14-7-3-2-4-8-14/h2-11H,12H2,1H3,(H,19,21). The SMILES string of the molecule is Cc1cccc(NC(=O)Cc2cc(-c3ccccc3)on2)c1. The smallest absolute Gasteiger partial charge is 0.230 e. The van der Waals surface area contributed by atoms with E-state index in [1.807, 2.05) is 61.5 Å². The fourth-order valence-electron chi connectivity index (χ4n) is 2.23. The van der Waals surface area contributed by atoms with Gasteiger partial charge in [0.25, 0.3) is 0 Å². The summed E-state index contributed by atoms with van der Waals surface area (Å²) >= 11 is 0. The largest absolute Gasteiger partial charge is 0.356 e. The molecule has 4 heteroatoms. The Labute approximate surface area is 128 Å². The van der Waals surface area contributed by atoms with E-state index >= 15 is 0 Å². The van der Waals surface area contributed by atoms with Gasteiger partial charge in [-0.05, 0) is 24.6 Å². The molecule has 1 amide bonds. The second-order valence-corrected chi connectivity index (χ2v) is 5.14. The van der Waals surface area contributed by atoms with Gasteiger partial charge in [0.05, 0.1) is 12.1 Å². The third kappa shape index (κ3) is 3.41. The van der Waals surface area contributed by atoms with E-state index in [0.717, 1.165) is 16.8 Å². The van der Waals surface area contributed by atoms with E-state index in [1.54, 1.807) is 6.07 Å². The second kappa shape index (κ2) is 6.26. The minimum Gasteiger partial charge on any atom is -0.356 e. The van der Waals surface area contributed by atoms with Gasteiger partial charge in [-0.3, -0.25) is 4.79 Å². The average molecular weight is 292 g/mol. The highest BCUT2D eigenvalue weighted by Gasteiger charge is 2.10. The minimum absolute atomic E-state index is 0.112. The molecule has 0 aliphatic rings.